The normalized spacial score (nSPS) is 26.2. The van der Waals surface area contributed by atoms with E-state index < -0.39 is 66.4 Å². The Hall–Kier alpha value is -2.59. The lowest BCUT2D eigenvalue weighted by atomic mass is 9.70. The Morgan fingerprint density at radius 1 is 1.14 bits per heavy atom. The van der Waals surface area contributed by atoms with Crippen LogP contribution >= 0.6 is 0 Å². The van der Waals surface area contributed by atoms with E-state index in [1.807, 2.05) is 13.8 Å². The zero-order valence-electron chi connectivity index (χ0n) is 25.2. The number of ketones is 1. The maximum absolute atomic E-state index is 13.8. The van der Waals surface area contributed by atoms with Crippen molar-refractivity contribution in [2.75, 3.05) is 30.9 Å². The summed E-state index contributed by atoms with van der Waals surface area (Å²) in [6.07, 6.45) is 4.60. The zero-order chi connectivity index (χ0) is 32.2. The maximum Gasteiger partial charge on any atom is 0.243 e. The predicted molar refractivity (Wildman–Crippen MR) is 161 cm³/mol. The van der Waals surface area contributed by atoms with Gasteiger partial charge in [-0.15, -0.1) is 0 Å². The highest BCUT2D eigenvalue weighted by Crippen LogP contribution is 2.64. The van der Waals surface area contributed by atoms with Crippen LogP contribution in [0, 0.1) is 16.7 Å². The van der Waals surface area contributed by atoms with Gasteiger partial charge in [0.2, 0.25) is 21.8 Å². The summed E-state index contributed by atoms with van der Waals surface area (Å²) in [5.74, 6) is -1.96. The summed E-state index contributed by atoms with van der Waals surface area (Å²) in [6.45, 7) is 4.30. The van der Waals surface area contributed by atoms with Crippen molar-refractivity contribution in [1.82, 2.24) is 14.9 Å². The smallest absolute Gasteiger partial charge is 0.243 e. The molecule has 3 fully saturated rings. The lowest BCUT2D eigenvalue weighted by molar-refractivity contribution is -0.140. The van der Waals surface area contributed by atoms with E-state index in [0.717, 1.165) is 12.7 Å². The molecule has 1 heterocycles. The minimum atomic E-state index is -4.18. The average molecular weight is 647 g/mol. The van der Waals surface area contributed by atoms with Gasteiger partial charge in [-0.1, -0.05) is 13.8 Å². The largest absolute Gasteiger partial charge is 0.370 e. The molecule has 6 N–H and O–H groups in total. The van der Waals surface area contributed by atoms with Crippen LogP contribution in [-0.4, -0.2) is 101 Å². The van der Waals surface area contributed by atoms with E-state index in [-0.39, 0.29) is 55.8 Å². The second-order valence-electron chi connectivity index (χ2n) is 12.8. The van der Waals surface area contributed by atoms with Crippen molar-refractivity contribution in [3.05, 3.63) is 0 Å². The number of aliphatic imine (C=N–C) groups is 1. The van der Waals surface area contributed by atoms with Crippen LogP contribution in [0.1, 0.15) is 71.6 Å². The van der Waals surface area contributed by atoms with Crippen molar-refractivity contribution < 1.29 is 36.0 Å². The number of carbonyl (C=O) groups is 4. The molecule has 1 saturated heterocycles. The monoisotopic (exact) mass is 646 g/mol. The fraction of sp³-hybridized carbons (Fsp3) is 0.815. The number of nitrogens with zero attached hydrogens (tertiary/aromatic N) is 2. The molecule has 0 aromatic rings. The van der Waals surface area contributed by atoms with Gasteiger partial charge in [-0.05, 0) is 62.7 Å². The van der Waals surface area contributed by atoms with Gasteiger partial charge in [0.05, 0.1) is 11.8 Å². The molecule has 14 nitrogen and oxygen atoms in total. The van der Waals surface area contributed by atoms with Crippen LogP contribution in [0.3, 0.4) is 0 Å². The van der Waals surface area contributed by atoms with Gasteiger partial charge in [-0.2, -0.15) is 0 Å². The number of amides is 2. The van der Waals surface area contributed by atoms with Crippen molar-refractivity contribution >= 4 is 49.7 Å². The molecule has 2 aliphatic carbocycles. The number of nitrogens with two attached hydrogens (primary N) is 2. The topological polar surface area (TPSA) is 228 Å². The molecule has 43 heavy (non-hydrogen) atoms. The summed E-state index contributed by atoms with van der Waals surface area (Å²) in [5.41, 5.74) is 9.04. The molecule has 2 saturated carbocycles. The van der Waals surface area contributed by atoms with Crippen LogP contribution in [0.2, 0.25) is 0 Å². The first kappa shape index (κ1) is 34.9. The number of sulfone groups is 1. The summed E-state index contributed by atoms with van der Waals surface area (Å²) in [6, 6.07) is -3.08. The van der Waals surface area contributed by atoms with Crippen molar-refractivity contribution in [2.45, 2.75) is 89.8 Å². The van der Waals surface area contributed by atoms with E-state index in [4.69, 9.17) is 11.5 Å². The van der Waals surface area contributed by atoms with Crippen LogP contribution in [0.5, 0.6) is 0 Å². The highest BCUT2D eigenvalue weighted by molar-refractivity contribution is 7.90. The minimum absolute atomic E-state index is 0.0170. The van der Waals surface area contributed by atoms with Gasteiger partial charge < -0.3 is 26.5 Å². The molecule has 16 heteroatoms. The third-order valence-electron chi connectivity index (χ3n) is 9.50. The first-order valence-corrected chi connectivity index (χ1v) is 18.5. The first-order chi connectivity index (χ1) is 19.9. The van der Waals surface area contributed by atoms with Gasteiger partial charge in [0.15, 0.2) is 5.96 Å². The summed E-state index contributed by atoms with van der Waals surface area (Å²) in [7, 11) is -7.55. The number of nitrogens with one attached hydrogen (secondary N) is 2. The third kappa shape index (κ3) is 8.32. The Morgan fingerprint density at radius 2 is 1.84 bits per heavy atom. The van der Waals surface area contributed by atoms with Crippen LogP contribution < -0.4 is 21.5 Å². The number of guanidine groups is 1. The van der Waals surface area contributed by atoms with Gasteiger partial charge in [-0.25, -0.2) is 21.6 Å². The first-order valence-electron chi connectivity index (χ1n) is 14.7. The number of Topliss-reactive ketones (excluding diaryl/α,β-unsaturated/α-hetero) is 1. The number of hydrogen-bond donors (Lipinski definition) is 4. The fourth-order valence-corrected chi connectivity index (χ4v) is 9.70. The average Bonchev–Trinajstić information content (AvgIpc) is 3.52. The molecule has 3 aliphatic rings. The van der Waals surface area contributed by atoms with Crippen molar-refractivity contribution in [3.8, 4) is 0 Å². The standard InChI is InChI=1S/C27H46N6O8S2/c1-26(2)18-10-11-27(26,22(35)15-18)17-43(40,41)32-20(8-6-14-42(3,38)39)24(37)33-13-5-9-21(33)23(36)31-19(16-34)7-4-12-30-25(28)29/h16,18-21,32H,4-15,17H2,1-3H3,(H,31,36)(H4,28,29,30)/t18?,19-,20-,21?,27?/m0/s1. The number of aldehydes is 1. The quantitative estimate of drug-likeness (QED) is 0.0708. The van der Waals surface area contributed by atoms with Gasteiger partial charge in [0.25, 0.3) is 0 Å². The Morgan fingerprint density at radius 3 is 2.40 bits per heavy atom. The van der Waals surface area contributed by atoms with E-state index in [1.54, 1.807) is 0 Å². The zero-order valence-corrected chi connectivity index (χ0v) is 26.8. The molecule has 1 aliphatic heterocycles. The third-order valence-corrected chi connectivity index (χ3v) is 12.0. The number of hydrogen-bond acceptors (Lipinski definition) is 9. The molecule has 0 aromatic carbocycles. The molecule has 0 radical (unpaired) electrons. The fourth-order valence-electron chi connectivity index (χ4n) is 6.95. The highest BCUT2D eigenvalue weighted by Gasteiger charge is 2.65. The number of likely N-dealkylation sites (tertiary alicyclic amines) is 1. The molecular formula is C27H46N6O8S2. The number of carbonyl (C=O) groups excluding carboxylic acids is 4. The van der Waals surface area contributed by atoms with Gasteiger partial charge in [-0.3, -0.25) is 19.4 Å². The van der Waals surface area contributed by atoms with Crippen LogP contribution in [0.25, 0.3) is 0 Å². The molecule has 0 aromatic heterocycles. The van der Waals surface area contributed by atoms with Gasteiger partial charge >= 0.3 is 0 Å². The molecule has 5 atom stereocenters. The molecule has 2 bridgehead atoms. The summed E-state index contributed by atoms with van der Waals surface area (Å²) < 4.78 is 53.2. The van der Waals surface area contributed by atoms with Crippen molar-refractivity contribution in [1.29, 1.82) is 0 Å². The Labute approximate surface area is 254 Å². The van der Waals surface area contributed by atoms with Crippen molar-refractivity contribution in [2.24, 2.45) is 33.2 Å². The summed E-state index contributed by atoms with van der Waals surface area (Å²) in [4.78, 5) is 56.7. The van der Waals surface area contributed by atoms with Crippen LogP contribution in [0.15, 0.2) is 4.99 Å². The number of sulfonamides is 1. The molecule has 0 spiro atoms. The van der Waals surface area contributed by atoms with Crippen LogP contribution in [0.4, 0.5) is 0 Å². The van der Waals surface area contributed by atoms with Gasteiger partial charge in [0.1, 0.15) is 34.0 Å². The highest BCUT2D eigenvalue weighted by atomic mass is 32.2. The van der Waals surface area contributed by atoms with Crippen LogP contribution in [-0.2, 0) is 39.0 Å². The minimum Gasteiger partial charge on any atom is -0.370 e. The second kappa shape index (κ2) is 13.6. The Kier molecular flexibility index (Phi) is 11.0. The molecule has 3 rings (SSSR count). The lowest BCUT2D eigenvalue weighted by Crippen LogP contribution is -2.56. The SMILES string of the molecule is CC1(C)C2CCC1(CS(=O)(=O)N[C@@H](CCCS(C)(=O)=O)C(=O)N1CCCC1C(=O)N[C@H](C=O)CCCN=C(N)N)C(=O)C2. The molecule has 244 valence electrons. The maximum atomic E-state index is 13.8. The van der Waals surface area contributed by atoms with E-state index in [9.17, 15) is 36.0 Å². The lowest BCUT2D eigenvalue weighted by Gasteiger charge is -2.36. The van der Waals surface area contributed by atoms with E-state index in [2.05, 4.69) is 15.0 Å². The number of fused-ring (bicyclic) bond motifs is 2. The molecular weight excluding hydrogens is 600 g/mol. The Bertz CT molecular complexity index is 1330. The van der Waals surface area contributed by atoms with E-state index in [1.165, 1.54) is 4.90 Å². The summed E-state index contributed by atoms with van der Waals surface area (Å²) >= 11 is 0. The van der Waals surface area contributed by atoms with E-state index >= 15 is 0 Å². The molecule has 2 amide bonds. The van der Waals surface area contributed by atoms with Gasteiger partial charge in [0, 0.05) is 36.9 Å². The number of rotatable bonds is 16. The molecule has 3 unspecified atom stereocenters. The summed E-state index contributed by atoms with van der Waals surface area (Å²) in [5, 5.41) is 2.64. The Balaban J connectivity index is 1.75. The van der Waals surface area contributed by atoms with Crippen molar-refractivity contribution in [3.63, 3.8) is 0 Å². The predicted octanol–water partition coefficient (Wildman–Crippen LogP) is -0.777. The second-order valence-corrected chi connectivity index (χ2v) is 16.8. The van der Waals surface area contributed by atoms with E-state index in [0.29, 0.717) is 38.4 Å².